The van der Waals surface area contributed by atoms with Crippen LogP contribution < -0.4 is 15.9 Å². The van der Waals surface area contributed by atoms with E-state index in [0.717, 1.165) is 16.8 Å². The molecule has 0 radical (unpaired) electrons. The van der Waals surface area contributed by atoms with Crippen molar-refractivity contribution in [2.45, 2.75) is 6.42 Å². The minimum Gasteiger partial charge on any atom is -0.347 e. The molecule has 1 amide bonds. The minimum atomic E-state index is -0.643. The Morgan fingerprint density at radius 2 is 1.96 bits per heavy atom. The maximum absolute atomic E-state index is 13.5. The zero-order valence-corrected chi connectivity index (χ0v) is 15.2. The second kappa shape index (κ2) is 7.32. The van der Waals surface area contributed by atoms with Crippen molar-refractivity contribution >= 4 is 34.4 Å². The van der Waals surface area contributed by atoms with Crippen LogP contribution in [0.3, 0.4) is 0 Å². The van der Waals surface area contributed by atoms with E-state index in [4.69, 9.17) is 11.6 Å². The molecule has 6 nitrogen and oxygen atoms in total. The molecule has 1 aromatic heterocycles. The predicted octanol–water partition coefficient (Wildman–Crippen LogP) is 2.71. The van der Waals surface area contributed by atoms with Gasteiger partial charge in [0.2, 0.25) is 11.9 Å². The zero-order chi connectivity index (χ0) is 19.7. The summed E-state index contributed by atoms with van der Waals surface area (Å²) in [6.07, 6.45) is -0.186. The van der Waals surface area contributed by atoms with Crippen LogP contribution in [-0.4, -0.2) is 29.7 Å². The van der Waals surface area contributed by atoms with E-state index in [1.807, 2.05) is 0 Å². The van der Waals surface area contributed by atoms with Gasteiger partial charge in [0, 0.05) is 14.1 Å². The van der Waals surface area contributed by atoms with E-state index in [9.17, 15) is 18.4 Å². The highest BCUT2D eigenvalue weighted by Crippen LogP contribution is 2.17. The fraction of sp³-hybridized carbons (Fsp3) is 0.167. The number of nitrogens with zero attached hydrogens (tertiary/aromatic N) is 3. The molecule has 0 aliphatic carbocycles. The summed E-state index contributed by atoms with van der Waals surface area (Å²) in [5.41, 5.74) is 2.50. The average molecular weight is 393 g/mol. The summed E-state index contributed by atoms with van der Waals surface area (Å²) in [4.78, 5) is 30.9. The van der Waals surface area contributed by atoms with Crippen LogP contribution in [0.25, 0.3) is 10.9 Å². The van der Waals surface area contributed by atoms with Crippen molar-refractivity contribution in [2.75, 3.05) is 24.4 Å². The Kier molecular flexibility index (Phi) is 5.09. The number of aromatic nitrogens is 2. The fourth-order valence-electron chi connectivity index (χ4n) is 2.55. The predicted molar refractivity (Wildman–Crippen MR) is 99.8 cm³/mol. The Bertz CT molecular complexity index is 1100. The van der Waals surface area contributed by atoms with Crippen molar-refractivity contribution in [3.05, 3.63) is 69.0 Å². The van der Waals surface area contributed by atoms with Crippen LogP contribution in [-0.2, 0) is 11.2 Å². The summed E-state index contributed by atoms with van der Waals surface area (Å²) in [5.74, 6) is -1.64. The molecule has 0 saturated heterocycles. The van der Waals surface area contributed by atoms with Gasteiger partial charge in [0.1, 0.15) is 11.6 Å². The normalized spacial score (nSPS) is 10.9. The van der Waals surface area contributed by atoms with Crippen LogP contribution in [0.4, 0.5) is 14.7 Å². The largest absolute Gasteiger partial charge is 0.347 e. The molecule has 0 bridgehead atoms. The number of benzene rings is 2. The van der Waals surface area contributed by atoms with E-state index in [2.05, 4.69) is 10.4 Å². The molecule has 0 unspecified atom stereocenters. The molecule has 3 rings (SSSR count). The number of carbonyl (C=O) groups excluding carboxylic acids is 1. The number of amides is 1. The number of anilines is 1. The van der Waals surface area contributed by atoms with Gasteiger partial charge in [0.05, 0.1) is 22.3 Å². The molecule has 0 saturated carbocycles. The first-order valence-corrected chi connectivity index (χ1v) is 8.27. The Hall–Kier alpha value is -3.00. The molecule has 3 aromatic rings. The summed E-state index contributed by atoms with van der Waals surface area (Å²) in [5, 5.41) is -0.0236. The molecule has 1 heterocycles. The maximum atomic E-state index is 13.5. The molecular weight excluding hydrogens is 378 g/mol. The topological polar surface area (TPSA) is 67.2 Å². The van der Waals surface area contributed by atoms with Crippen molar-refractivity contribution in [3.8, 4) is 0 Å². The highest BCUT2D eigenvalue weighted by atomic mass is 35.5. The second-order valence-corrected chi connectivity index (χ2v) is 6.48. The number of nitrogens with one attached hydrogen (secondary N) is 1. The summed E-state index contributed by atoms with van der Waals surface area (Å²) in [7, 11) is 3.29. The maximum Gasteiger partial charge on any atom is 0.281 e. The summed E-state index contributed by atoms with van der Waals surface area (Å²) in [6, 6.07) is 7.65. The van der Waals surface area contributed by atoms with Gasteiger partial charge in [-0.05, 0) is 35.9 Å². The van der Waals surface area contributed by atoms with E-state index < -0.39 is 23.1 Å². The van der Waals surface area contributed by atoms with Gasteiger partial charge in [-0.25, -0.2) is 13.8 Å². The first kappa shape index (κ1) is 18.8. The van der Waals surface area contributed by atoms with Gasteiger partial charge in [0.15, 0.2) is 0 Å². The van der Waals surface area contributed by atoms with E-state index in [1.54, 1.807) is 14.1 Å². The van der Waals surface area contributed by atoms with Crippen LogP contribution >= 0.6 is 11.6 Å². The Morgan fingerprint density at radius 1 is 1.22 bits per heavy atom. The van der Waals surface area contributed by atoms with Crippen LogP contribution in [0.2, 0.25) is 5.02 Å². The zero-order valence-electron chi connectivity index (χ0n) is 14.5. The molecule has 0 atom stereocenters. The van der Waals surface area contributed by atoms with Gasteiger partial charge in [0.25, 0.3) is 5.56 Å². The van der Waals surface area contributed by atoms with Crippen LogP contribution in [0, 0.1) is 11.6 Å². The van der Waals surface area contributed by atoms with Gasteiger partial charge in [-0.3, -0.25) is 15.0 Å². The molecule has 140 valence electrons. The van der Waals surface area contributed by atoms with E-state index in [1.165, 1.54) is 29.2 Å². The van der Waals surface area contributed by atoms with E-state index in [0.29, 0.717) is 11.1 Å². The SMILES string of the molecule is CN(C)c1nc2ccc(F)cc2c(=O)n1NC(=O)Cc1ccc(Cl)c(F)c1. The molecule has 2 aromatic carbocycles. The summed E-state index contributed by atoms with van der Waals surface area (Å²) >= 11 is 5.63. The monoisotopic (exact) mass is 392 g/mol. The second-order valence-electron chi connectivity index (χ2n) is 6.07. The van der Waals surface area contributed by atoms with Gasteiger partial charge < -0.3 is 4.90 Å². The molecule has 0 fully saturated rings. The Labute approximate surface area is 158 Å². The summed E-state index contributed by atoms with van der Waals surface area (Å²) < 4.78 is 28.0. The molecular formula is C18H15ClF2N4O2. The number of fused-ring (bicyclic) bond motifs is 1. The number of hydrogen-bond acceptors (Lipinski definition) is 4. The number of halogens is 3. The highest BCUT2D eigenvalue weighted by molar-refractivity contribution is 6.30. The van der Waals surface area contributed by atoms with E-state index >= 15 is 0 Å². The fourth-order valence-corrected chi connectivity index (χ4v) is 2.66. The Balaban J connectivity index is 1.98. The van der Waals surface area contributed by atoms with Gasteiger partial charge in [-0.15, -0.1) is 0 Å². The van der Waals surface area contributed by atoms with Crippen LogP contribution in [0.15, 0.2) is 41.2 Å². The Morgan fingerprint density at radius 3 is 2.63 bits per heavy atom. The third-order valence-electron chi connectivity index (χ3n) is 3.80. The van der Waals surface area contributed by atoms with Crippen LogP contribution in [0.5, 0.6) is 0 Å². The molecule has 0 spiro atoms. The van der Waals surface area contributed by atoms with Gasteiger partial charge in [-0.2, -0.15) is 4.68 Å². The molecule has 9 heteroatoms. The average Bonchev–Trinajstić information content (AvgIpc) is 2.60. The molecule has 0 aliphatic heterocycles. The van der Waals surface area contributed by atoms with Crippen molar-refractivity contribution < 1.29 is 13.6 Å². The molecule has 0 aliphatic rings. The number of carbonyl (C=O) groups is 1. The lowest BCUT2D eigenvalue weighted by atomic mass is 10.1. The third-order valence-corrected chi connectivity index (χ3v) is 4.10. The number of rotatable bonds is 4. The van der Waals surface area contributed by atoms with Crippen molar-refractivity contribution in [3.63, 3.8) is 0 Å². The lowest BCUT2D eigenvalue weighted by Crippen LogP contribution is -2.38. The summed E-state index contributed by atoms with van der Waals surface area (Å²) in [6.45, 7) is 0. The van der Waals surface area contributed by atoms with Crippen molar-refractivity contribution in [2.24, 2.45) is 0 Å². The lowest BCUT2D eigenvalue weighted by Gasteiger charge is -2.19. The first-order valence-electron chi connectivity index (χ1n) is 7.89. The standard InChI is InChI=1S/C18H15ClF2N4O2/c1-24(2)18-22-15-6-4-11(20)9-12(15)17(27)25(18)23-16(26)8-10-3-5-13(19)14(21)7-10/h3-7,9H,8H2,1-2H3,(H,23,26). The van der Waals surface area contributed by atoms with Gasteiger partial charge >= 0.3 is 0 Å². The molecule has 1 N–H and O–H groups in total. The van der Waals surface area contributed by atoms with Crippen LogP contribution in [0.1, 0.15) is 5.56 Å². The van der Waals surface area contributed by atoms with Gasteiger partial charge in [-0.1, -0.05) is 17.7 Å². The van der Waals surface area contributed by atoms with Crippen molar-refractivity contribution in [1.29, 1.82) is 0 Å². The first-order chi connectivity index (χ1) is 12.8. The molecule has 27 heavy (non-hydrogen) atoms. The minimum absolute atomic E-state index is 0.0263. The lowest BCUT2D eigenvalue weighted by molar-refractivity contribution is -0.116. The quantitative estimate of drug-likeness (QED) is 0.741. The van der Waals surface area contributed by atoms with Crippen molar-refractivity contribution in [1.82, 2.24) is 9.66 Å². The third kappa shape index (κ3) is 3.90. The number of hydrogen-bond donors (Lipinski definition) is 1. The van der Waals surface area contributed by atoms with E-state index in [-0.39, 0.29) is 22.8 Å². The smallest absolute Gasteiger partial charge is 0.281 e. The highest BCUT2D eigenvalue weighted by Gasteiger charge is 2.16.